The lowest BCUT2D eigenvalue weighted by Crippen LogP contribution is -2.14. The molecule has 0 aromatic heterocycles. The monoisotopic (exact) mass is 315 g/mol. The predicted octanol–water partition coefficient (Wildman–Crippen LogP) is 3.57. The number of aromatic carboxylic acids is 1. The van der Waals surface area contributed by atoms with Crippen LogP contribution < -0.4 is 5.32 Å². The van der Waals surface area contributed by atoms with Gasteiger partial charge in [-0.25, -0.2) is 4.79 Å². The molecule has 22 heavy (non-hydrogen) atoms. The number of carboxylic acid groups (broad SMARTS) is 1. The van der Waals surface area contributed by atoms with Crippen molar-refractivity contribution in [1.82, 2.24) is 0 Å². The zero-order chi connectivity index (χ0) is 15.9. The summed E-state index contributed by atoms with van der Waals surface area (Å²) in [5.74, 6) is -0.0553. The topological polar surface area (TPSA) is 66.4 Å². The van der Waals surface area contributed by atoms with E-state index in [1.54, 1.807) is 12.1 Å². The predicted molar refractivity (Wildman–Crippen MR) is 89.4 cm³/mol. The summed E-state index contributed by atoms with van der Waals surface area (Å²) in [6.45, 7) is 2.04. The smallest absolute Gasteiger partial charge is 0.335 e. The molecular weight excluding hydrogens is 298 g/mol. The van der Waals surface area contributed by atoms with Crippen molar-refractivity contribution in [3.8, 4) is 0 Å². The van der Waals surface area contributed by atoms with Gasteiger partial charge in [-0.05, 0) is 30.7 Å². The van der Waals surface area contributed by atoms with Gasteiger partial charge in [0.25, 0.3) is 0 Å². The van der Waals surface area contributed by atoms with Crippen LogP contribution in [-0.2, 0) is 10.5 Å². The normalized spacial score (nSPS) is 10.2. The van der Waals surface area contributed by atoms with Gasteiger partial charge in [0.2, 0.25) is 5.91 Å². The molecule has 2 rings (SSSR count). The molecular formula is C17H17NO3S. The number of carbonyl (C=O) groups excluding carboxylic acids is 1. The van der Waals surface area contributed by atoms with Crippen LogP contribution in [0.4, 0.5) is 5.69 Å². The molecule has 0 aliphatic heterocycles. The van der Waals surface area contributed by atoms with Gasteiger partial charge in [-0.15, -0.1) is 11.8 Å². The van der Waals surface area contributed by atoms with E-state index in [-0.39, 0.29) is 11.5 Å². The van der Waals surface area contributed by atoms with Crippen molar-refractivity contribution in [2.45, 2.75) is 12.7 Å². The molecule has 0 heterocycles. The fraction of sp³-hybridized carbons (Fsp3) is 0.176. The Kier molecular flexibility index (Phi) is 5.61. The van der Waals surface area contributed by atoms with Crippen LogP contribution in [0.2, 0.25) is 0 Å². The third-order valence-corrected chi connectivity index (χ3v) is 3.98. The average molecular weight is 315 g/mol. The Balaban J connectivity index is 1.83. The maximum absolute atomic E-state index is 11.9. The number of carboxylic acids is 1. The van der Waals surface area contributed by atoms with Crippen molar-refractivity contribution in [2.24, 2.45) is 0 Å². The zero-order valence-corrected chi connectivity index (χ0v) is 13.0. The first-order valence-corrected chi connectivity index (χ1v) is 7.96. The number of anilines is 1. The van der Waals surface area contributed by atoms with Gasteiger partial charge in [-0.3, -0.25) is 4.79 Å². The van der Waals surface area contributed by atoms with E-state index in [0.29, 0.717) is 11.4 Å². The van der Waals surface area contributed by atoms with Gasteiger partial charge >= 0.3 is 5.97 Å². The number of benzene rings is 2. The van der Waals surface area contributed by atoms with Crippen molar-refractivity contribution in [3.63, 3.8) is 0 Å². The molecule has 2 aromatic rings. The number of carbonyl (C=O) groups is 2. The van der Waals surface area contributed by atoms with Crippen LogP contribution in [0.5, 0.6) is 0 Å². The van der Waals surface area contributed by atoms with Gasteiger partial charge in [-0.1, -0.05) is 35.9 Å². The Labute approximate surface area is 133 Å². The quantitative estimate of drug-likeness (QED) is 0.855. The van der Waals surface area contributed by atoms with Crippen molar-refractivity contribution in [2.75, 3.05) is 11.1 Å². The zero-order valence-electron chi connectivity index (χ0n) is 12.2. The number of aryl methyl sites for hydroxylation is 1. The molecule has 0 saturated carbocycles. The van der Waals surface area contributed by atoms with Crippen molar-refractivity contribution in [1.29, 1.82) is 0 Å². The molecule has 0 aliphatic carbocycles. The first-order chi connectivity index (χ1) is 10.5. The molecule has 0 saturated heterocycles. The molecule has 0 fully saturated rings. The molecule has 0 unspecified atom stereocenters. The van der Waals surface area contributed by atoms with Gasteiger partial charge < -0.3 is 10.4 Å². The summed E-state index contributed by atoms with van der Waals surface area (Å²) >= 11 is 1.52. The minimum Gasteiger partial charge on any atom is -0.478 e. The van der Waals surface area contributed by atoms with Crippen LogP contribution in [0.3, 0.4) is 0 Å². The maximum atomic E-state index is 11.9. The fourth-order valence-corrected chi connectivity index (χ4v) is 2.77. The lowest BCUT2D eigenvalue weighted by atomic mass is 10.2. The fourth-order valence-electron chi connectivity index (χ4n) is 1.99. The lowest BCUT2D eigenvalue weighted by Gasteiger charge is -2.06. The summed E-state index contributed by atoms with van der Waals surface area (Å²) in [4.78, 5) is 22.7. The molecule has 0 atom stereocenters. The second kappa shape index (κ2) is 7.66. The Morgan fingerprint density at radius 1 is 1.14 bits per heavy atom. The maximum Gasteiger partial charge on any atom is 0.335 e. The second-order valence-corrected chi connectivity index (χ2v) is 5.90. The van der Waals surface area contributed by atoms with Gasteiger partial charge in [0.15, 0.2) is 0 Å². The highest BCUT2D eigenvalue weighted by atomic mass is 32.2. The van der Waals surface area contributed by atoms with E-state index in [1.165, 1.54) is 35.0 Å². The van der Waals surface area contributed by atoms with E-state index < -0.39 is 5.97 Å². The molecule has 4 nitrogen and oxygen atoms in total. The number of rotatable bonds is 6. The van der Waals surface area contributed by atoms with Crippen LogP contribution >= 0.6 is 11.8 Å². The van der Waals surface area contributed by atoms with Gasteiger partial charge in [-0.2, -0.15) is 0 Å². The molecule has 2 N–H and O–H groups in total. The summed E-state index contributed by atoms with van der Waals surface area (Å²) in [7, 11) is 0. The van der Waals surface area contributed by atoms with Gasteiger partial charge in [0, 0.05) is 11.4 Å². The van der Waals surface area contributed by atoms with Gasteiger partial charge in [0.05, 0.1) is 11.3 Å². The minimum absolute atomic E-state index is 0.139. The Hall–Kier alpha value is -2.27. The lowest BCUT2D eigenvalue weighted by molar-refractivity contribution is -0.113. The van der Waals surface area contributed by atoms with E-state index >= 15 is 0 Å². The molecule has 0 radical (unpaired) electrons. The number of hydrogen-bond acceptors (Lipinski definition) is 3. The highest BCUT2D eigenvalue weighted by Gasteiger charge is 2.06. The van der Waals surface area contributed by atoms with Crippen LogP contribution in [0.25, 0.3) is 0 Å². The SMILES string of the molecule is Cc1cccc(CSCC(=O)Nc2cccc(C(=O)O)c2)c1. The number of amides is 1. The van der Waals surface area contributed by atoms with Crippen molar-refractivity contribution >= 4 is 29.3 Å². The Morgan fingerprint density at radius 3 is 2.64 bits per heavy atom. The third kappa shape index (κ3) is 4.93. The van der Waals surface area contributed by atoms with Crippen LogP contribution in [0.15, 0.2) is 48.5 Å². The van der Waals surface area contributed by atoms with E-state index in [0.717, 1.165) is 5.75 Å². The van der Waals surface area contributed by atoms with E-state index in [4.69, 9.17) is 5.11 Å². The molecule has 0 aliphatic rings. The van der Waals surface area contributed by atoms with E-state index in [9.17, 15) is 9.59 Å². The van der Waals surface area contributed by atoms with Crippen molar-refractivity contribution in [3.05, 3.63) is 65.2 Å². The van der Waals surface area contributed by atoms with Crippen LogP contribution in [0.1, 0.15) is 21.5 Å². The molecule has 5 heteroatoms. The summed E-state index contributed by atoms with van der Waals surface area (Å²) in [5, 5.41) is 11.6. The van der Waals surface area contributed by atoms with E-state index in [1.807, 2.05) is 25.1 Å². The van der Waals surface area contributed by atoms with Crippen LogP contribution in [-0.4, -0.2) is 22.7 Å². The summed E-state index contributed by atoms with van der Waals surface area (Å²) in [6.07, 6.45) is 0. The molecule has 0 spiro atoms. The van der Waals surface area contributed by atoms with Crippen LogP contribution in [0, 0.1) is 6.92 Å². The highest BCUT2D eigenvalue weighted by Crippen LogP contribution is 2.15. The minimum atomic E-state index is -1.01. The van der Waals surface area contributed by atoms with Crippen molar-refractivity contribution < 1.29 is 14.7 Å². The standard InChI is InChI=1S/C17H17NO3S/c1-12-4-2-5-13(8-12)10-22-11-16(19)18-15-7-3-6-14(9-15)17(20)21/h2-9H,10-11H2,1H3,(H,18,19)(H,20,21). The Bertz CT molecular complexity index is 685. The second-order valence-electron chi connectivity index (χ2n) is 4.92. The summed E-state index contributed by atoms with van der Waals surface area (Å²) in [6, 6.07) is 14.4. The molecule has 1 amide bonds. The summed E-state index contributed by atoms with van der Waals surface area (Å²) < 4.78 is 0. The van der Waals surface area contributed by atoms with Gasteiger partial charge in [0.1, 0.15) is 0 Å². The first-order valence-electron chi connectivity index (χ1n) is 6.81. The first kappa shape index (κ1) is 16.1. The third-order valence-electron chi connectivity index (χ3n) is 2.98. The molecule has 114 valence electrons. The molecule has 0 bridgehead atoms. The molecule has 2 aromatic carbocycles. The Morgan fingerprint density at radius 2 is 1.91 bits per heavy atom. The number of hydrogen-bond donors (Lipinski definition) is 2. The highest BCUT2D eigenvalue weighted by molar-refractivity contribution is 7.99. The number of thioether (sulfide) groups is 1. The van der Waals surface area contributed by atoms with E-state index in [2.05, 4.69) is 11.4 Å². The summed E-state index contributed by atoms with van der Waals surface area (Å²) in [5.41, 5.74) is 3.05. The number of nitrogens with one attached hydrogen (secondary N) is 1. The average Bonchev–Trinajstić information content (AvgIpc) is 2.47. The largest absolute Gasteiger partial charge is 0.478 e.